The van der Waals surface area contributed by atoms with Gasteiger partial charge in [0, 0.05) is 22.7 Å². The van der Waals surface area contributed by atoms with Crippen molar-refractivity contribution < 1.29 is 43.6 Å². The Labute approximate surface area is 203 Å². The molecule has 4 aliphatic rings. The number of ketones is 2. The first kappa shape index (κ1) is 25.7. The molecule has 9 heteroatoms. The summed E-state index contributed by atoms with van der Waals surface area (Å²) in [6, 6.07) is 0. The number of ether oxygens (including phenoxy) is 1. The maximum Gasteiger partial charge on any atom is 0.307 e. The van der Waals surface area contributed by atoms with Gasteiger partial charge in [-0.15, -0.1) is 0 Å². The monoisotopic (exact) mass is 492 g/mol. The number of alkyl halides is 1. The molecule has 0 bridgehead atoms. The molecule has 8 nitrogen and oxygen atoms in total. The van der Waals surface area contributed by atoms with Gasteiger partial charge in [0.15, 0.2) is 17.1 Å². The van der Waals surface area contributed by atoms with E-state index in [0.717, 1.165) is 0 Å². The normalized spacial score (nSPS) is 44.1. The highest BCUT2D eigenvalue weighted by atomic mass is 19.1. The van der Waals surface area contributed by atoms with Gasteiger partial charge in [0.05, 0.1) is 18.9 Å². The third kappa shape index (κ3) is 3.30. The highest BCUT2D eigenvalue weighted by molar-refractivity contribution is 6.01. The minimum absolute atomic E-state index is 0.197. The van der Waals surface area contributed by atoms with Gasteiger partial charge in [-0.2, -0.15) is 0 Å². The van der Waals surface area contributed by atoms with Gasteiger partial charge in [0.1, 0.15) is 6.61 Å². The largest absolute Gasteiger partial charge is 0.481 e. The lowest BCUT2D eigenvalue weighted by molar-refractivity contribution is -0.228. The topological polar surface area (TPSA) is 138 Å². The summed E-state index contributed by atoms with van der Waals surface area (Å²) in [6.45, 7) is 4.20. The number of allylic oxidation sites excluding steroid dienone is 4. The first-order chi connectivity index (χ1) is 16.3. The Kier molecular flexibility index (Phi) is 6.12. The summed E-state index contributed by atoms with van der Waals surface area (Å²) in [5.41, 5.74) is -5.67. The van der Waals surface area contributed by atoms with E-state index in [1.807, 2.05) is 0 Å². The first-order valence-corrected chi connectivity index (χ1v) is 12.2. The minimum Gasteiger partial charge on any atom is -0.481 e. The number of aliphatic hydroxyl groups is 2. The minimum atomic E-state index is -2.11. The molecule has 4 aliphatic carbocycles. The zero-order valence-corrected chi connectivity index (χ0v) is 20.3. The van der Waals surface area contributed by atoms with Crippen LogP contribution < -0.4 is 0 Å². The number of carbonyl (C=O) groups is 4. The number of hydrogen-bond donors (Lipinski definition) is 3. The molecule has 0 amide bonds. The first-order valence-electron chi connectivity index (χ1n) is 12.2. The Balaban J connectivity index is 1.78. The molecule has 0 aromatic carbocycles. The van der Waals surface area contributed by atoms with E-state index < -0.39 is 83.1 Å². The van der Waals surface area contributed by atoms with Crippen molar-refractivity contribution in [1.82, 2.24) is 0 Å². The lowest BCUT2D eigenvalue weighted by Gasteiger charge is -2.62. The molecule has 0 radical (unpaired) electrons. The summed E-state index contributed by atoms with van der Waals surface area (Å²) in [4.78, 5) is 48.9. The number of aliphatic carboxylic acids is 1. The average Bonchev–Trinajstić information content (AvgIpc) is 3.00. The highest BCUT2D eigenvalue weighted by Gasteiger charge is 2.77. The molecule has 0 aromatic heterocycles. The fraction of sp³-hybridized carbons (Fsp3) is 0.692. The Morgan fingerprint density at radius 1 is 1.20 bits per heavy atom. The SMILES string of the molecule is C[C@@H]1C[C@H]2[C@@H]3CCC4=CC(=O)C=C[C@]4(C)[C@@]3(F)[C@@H](O)C[C@]2(C)[C@@]1(OC(=O)CCC(=O)O)C(=O)CO. The van der Waals surface area contributed by atoms with Crippen molar-refractivity contribution in [2.75, 3.05) is 6.61 Å². The number of halogens is 1. The van der Waals surface area contributed by atoms with E-state index in [2.05, 4.69) is 0 Å². The average molecular weight is 493 g/mol. The van der Waals surface area contributed by atoms with Gasteiger partial charge < -0.3 is 20.1 Å². The van der Waals surface area contributed by atoms with Crippen LogP contribution in [0.25, 0.3) is 0 Å². The van der Waals surface area contributed by atoms with Gasteiger partial charge in [-0.25, -0.2) is 4.39 Å². The van der Waals surface area contributed by atoms with Gasteiger partial charge >= 0.3 is 11.9 Å². The van der Waals surface area contributed by atoms with Gasteiger partial charge in [-0.3, -0.25) is 19.2 Å². The highest BCUT2D eigenvalue weighted by Crippen LogP contribution is 2.71. The van der Waals surface area contributed by atoms with Crippen LogP contribution in [-0.2, 0) is 23.9 Å². The van der Waals surface area contributed by atoms with E-state index in [1.54, 1.807) is 26.8 Å². The van der Waals surface area contributed by atoms with Crippen molar-refractivity contribution in [3.05, 3.63) is 23.8 Å². The van der Waals surface area contributed by atoms with Crippen LogP contribution in [0, 0.1) is 28.6 Å². The van der Waals surface area contributed by atoms with Crippen LogP contribution in [0.3, 0.4) is 0 Å². The van der Waals surface area contributed by atoms with E-state index in [0.29, 0.717) is 24.8 Å². The second kappa shape index (κ2) is 8.34. The van der Waals surface area contributed by atoms with Gasteiger partial charge in [0.25, 0.3) is 0 Å². The van der Waals surface area contributed by atoms with Crippen LogP contribution >= 0.6 is 0 Å². The maximum absolute atomic E-state index is 17.2. The lowest BCUT2D eigenvalue weighted by atomic mass is 9.44. The molecule has 35 heavy (non-hydrogen) atoms. The van der Waals surface area contributed by atoms with Gasteiger partial charge in [-0.05, 0) is 50.7 Å². The molecule has 4 rings (SSSR count). The number of carbonyl (C=O) groups excluding carboxylic acids is 3. The number of hydrogen-bond acceptors (Lipinski definition) is 7. The van der Waals surface area contributed by atoms with Crippen LogP contribution in [-0.4, -0.2) is 62.8 Å². The number of Topliss-reactive ketones (excluding diaryl/α,β-unsaturated/α-hetero) is 1. The van der Waals surface area contributed by atoms with Crippen LogP contribution in [0.4, 0.5) is 4.39 Å². The number of carboxylic acid groups (broad SMARTS) is 1. The fourth-order valence-electron chi connectivity index (χ4n) is 7.96. The van der Waals surface area contributed by atoms with E-state index in [-0.39, 0.29) is 12.2 Å². The predicted molar refractivity (Wildman–Crippen MR) is 121 cm³/mol. The molecule has 3 saturated carbocycles. The Hall–Kier alpha value is -2.39. The number of rotatable bonds is 6. The second-order valence-corrected chi connectivity index (χ2v) is 11.1. The van der Waals surface area contributed by atoms with E-state index in [1.165, 1.54) is 12.2 Å². The Morgan fingerprint density at radius 2 is 1.89 bits per heavy atom. The van der Waals surface area contributed by atoms with Crippen LogP contribution in [0.15, 0.2) is 23.8 Å². The third-order valence-corrected chi connectivity index (χ3v) is 9.56. The van der Waals surface area contributed by atoms with Crippen molar-refractivity contribution in [3.8, 4) is 0 Å². The number of fused-ring (bicyclic) bond motifs is 5. The zero-order chi connectivity index (χ0) is 26.0. The quantitative estimate of drug-likeness (QED) is 0.480. The van der Waals surface area contributed by atoms with Crippen molar-refractivity contribution in [2.45, 2.75) is 76.7 Å². The summed E-state index contributed by atoms with van der Waals surface area (Å²) in [6.07, 6.45) is 2.78. The molecular formula is C26H33FO8. The molecule has 0 unspecified atom stereocenters. The summed E-state index contributed by atoms with van der Waals surface area (Å²) in [5.74, 6) is -4.77. The molecule has 8 atom stereocenters. The summed E-state index contributed by atoms with van der Waals surface area (Å²) >= 11 is 0. The second-order valence-electron chi connectivity index (χ2n) is 11.1. The van der Waals surface area contributed by atoms with Crippen molar-refractivity contribution in [3.63, 3.8) is 0 Å². The summed E-state index contributed by atoms with van der Waals surface area (Å²) < 4.78 is 23.0. The lowest BCUT2D eigenvalue weighted by Crippen LogP contribution is -2.70. The number of carboxylic acids is 1. The standard InChI is InChI=1S/C26H33FO8/c1-14-10-18-17-5-4-15-11-16(29)8-9-23(15,2)25(17,27)19(30)12-24(18,3)26(14,20(31)13-28)35-22(34)7-6-21(32)33/h8-9,11,14,17-19,28,30H,4-7,10,12-13H2,1-3H3,(H,32,33)/t14-,17+,18+,19+,23+,24+,25+,26+/m1/s1. The molecule has 0 aromatic rings. The molecular weight excluding hydrogens is 459 g/mol. The smallest absolute Gasteiger partial charge is 0.307 e. The molecule has 0 heterocycles. The van der Waals surface area contributed by atoms with E-state index in [4.69, 9.17) is 9.84 Å². The molecule has 3 N–H and O–H groups in total. The van der Waals surface area contributed by atoms with Gasteiger partial charge in [0.2, 0.25) is 5.78 Å². The van der Waals surface area contributed by atoms with Crippen LogP contribution in [0.1, 0.15) is 59.3 Å². The predicted octanol–water partition coefficient (Wildman–Crippen LogP) is 2.31. The summed E-state index contributed by atoms with van der Waals surface area (Å²) in [5, 5.41) is 30.2. The molecule has 192 valence electrons. The molecule has 3 fully saturated rings. The third-order valence-electron chi connectivity index (χ3n) is 9.56. The fourth-order valence-corrected chi connectivity index (χ4v) is 7.96. The Morgan fingerprint density at radius 3 is 2.51 bits per heavy atom. The van der Waals surface area contributed by atoms with Crippen LogP contribution in [0.5, 0.6) is 0 Å². The van der Waals surface area contributed by atoms with Crippen molar-refractivity contribution >= 4 is 23.5 Å². The number of aliphatic hydroxyl groups excluding tert-OH is 2. The van der Waals surface area contributed by atoms with Crippen molar-refractivity contribution in [1.29, 1.82) is 0 Å². The van der Waals surface area contributed by atoms with Crippen molar-refractivity contribution in [2.24, 2.45) is 28.6 Å². The van der Waals surface area contributed by atoms with E-state index in [9.17, 15) is 29.4 Å². The molecule has 0 saturated heterocycles. The molecule has 0 aliphatic heterocycles. The van der Waals surface area contributed by atoms with E-state index >= 15 is 4.39 Å². The Bertz CT molecular complexity index is 1030. The maximum atomic E-state index is 17.2. The number of esters is 1. The summed E-state index contributed by atoms with van der Waals surface area (Å²) in [7, 11) is 0. The van der Waals surface area contributed by atoms with Gasteiger partial charge in [-0.1, -0.05) is 25.5 Å². The van der Waals surface area contributed by atoms with Crippen LogP contribution in [0.2, 0.25) is 0 Å². The molecule has 0 spiro atoms. The zero-order valence-electron chi connectivity index (χ0n) is 20.3.